The summed E-state index contributed by atoms with van der Waals surface area (Å²) < 4.78 is 39.4. The molecule has 412 valence electrons. The van der Waals surface area contributed by atoms with E-state index in [1.54, 1.807) is 6.08 Å². The van der Waals surface area contributed by atoms with E-state index in [9.17, 15) is 28.9 Å². The molecular weight excluding hydrogens is 928 g/mol. The molecule has 72 heavy (non-hydrogen) atoms. The molecule has 12 heteroatoms. The Kier molecular flexibility index (Phi) is 51.0. The van der Waals surface area contributed by atoms with Crippen molar-refractivity contribution in [2.75, 3.05) is 26.4 Å². The number of aliphatic hydroxyl groups is 1. The fourth-order valence-electron chi connectivity index (χ4n) is 7.33. The molecule has 0 radical (unpaired) electrons. The van der Waals surface area contributed by atoms with Crippen LogP contribution in [0.3, 0.4) is 0 Å². The van der Waals surface area contributed by atoms with Crippen molar-refractivity contribution in [3.8, 4) is 0 Å². The lowest BCUT2D eigenvalue weighted by Gasteiger charge is -2.21. The van der Waals surface area contributed by atoms with E-state index in [0.29, 0.717) is 19.3 Å². The lowest BCUT2D eigenvalue weighted by Crippen LogP contribution is -2.30. The zero-order valence-electron chi connectivity index (χ0n) is 45.4. The van der Waals surface area contributed by atoms with Crippen molar-refractivity contribution in [3.05, 3.63) is 97.2 Å². The Hall–Kier alpha value is -3.60. The molecule has 0 spiro atoms. The number of aliphatic hydroxyl groups excluding tert-OH is 1. The summed E-state index contributed by atoms with van der Waals surface area (Å²) in [5, 5.41) is 9.78. The van der Waals surface area contributed by atoms with Crippen LogP contribution in [-0.4, -0.2) is 66.5 Å². The van der Waals surface area contributed by atoms with Gasteiger partial charge in [-0.1, -0.05) is 227 Å². The van der Waals surface area contributed by atoms with Gasteiger partial charge < -0.3 is 24.2 Å². The minimum absolute atomic E-state index is 0.0584. The molecule has 0 saturated heterocycles. The van der Waals surface area contributed by atoms with Gasteiger partial charge in [-0.2, -0.15) is 0 Å². The van der Waals surface area contributed by atoms with E-state index in [1.807, 2.05) is 18.2 Å². The third-order valence-electron chi connectivity index (χ3n) is 11.5. The number of phosphoric acid groups is 1. The summed E-state index contributed by atoms with van der Waals surface area (Å²) in [7, 11) is -4.78. The van der Waals surface area contributed by atoms with Crippen LogP contribution >= 0.6 is 7.82 Å². The number of ether oxygens (including phenoxy) is 3. The molecule has 0 aliphatic rings. The molecule has 0 heterocycles. The summed E-state index contributed by atoms with van der Waals surface area (Å²) in [5.41, 5.74) is 0. The van der Waals surface area contributed by atoms with Gasteiger partial charge in [0.15, 0.2) is 6.10 Å². The first kappa shape index (κ1) is 68.4. The summed E-state index contributed by atoms with van der Waals surface area (Å²) >= 11 is 0. The van der Waals surface area contributed by atoms with E-state index in [0.717, 1.165) is 103 Å². The van der Waals surface area contributed by atoms with E-state index in [4.69, 9.17) is 23.3 Å². The first-order valence-corrected chi connectivity index (χ1v) is 29.6. The normalized spacial score (nSPS) is 14.1. The van der Waals surface area contributed by atoms with Gasteiger partial charge in [-0.15, -0.1) is 0 Å². The number of carbonyl (C=O) groups is 3. The van der Waals surface area contributed by atoms with Crippen molar-refractivity contribution in [1.29, 1.82) is 0 Å². The molecular formula is C60H101O11P. The second-order valence-electron chi connectivity index (χ2n) is 18.4. The van der Waals surface area contributed by atoms with Gasteiger partial charge >= 0.3 is 25.7 Å². The van der Waals surface area contributed by atoms with Gasteiger partial charge in [-0.25, -0.2) is 4.57 Å². The van der Waals surface area contributed by atoms with Crippen LogP contribution in [0.4, 0.5) is 0 Å². The number of rotatable bonds is 51. The maximum atomic E-state index is 12.9. The molecule has 3 atom stereocenters. The maximum Gasteiger partial charge on any atom is 0.472 e. The van der Waals surface area contributed by atoms with Crippen LogP contribution in [0.5, 0.6) is 0 Å². The van der Waals surface area contributed by atoms with Crippen LogP contribution in [-0.2, 0) is 42.2 Å². The summed E-state index contributed by atoms with van der Waals surface area (Å²) in [6.45, 7) is 4.30. The highest BCUT2D eigenvalue weighted by molar-refractivity contribution is 7.47. The Balaban J connectivity index is 4.82. The van der Waals surface area contributed by atoms with Crippen molar-refractivity contribution in [1.82, 2.24) is 0 Å². The average molecular weight is 1030 g/mol. The standard InChI is InChI=1S/C60H101O11P/c1-4-7-10-13-16-19-22-25-27-28-30-33-36-39-42-45-48-51-60(64)71-57(53-67-58(62)49-46-43-40-37-34-31-24-21-18-15-12-9-6-3)55-69-72(65,66)68-54-56(52-61)70-59(63)50-47-44-41-38-35-32-29-26-23-20-17-14-11-8-5-2/h7-8,10-11,16-17,19-20,25-27,29,35,38,44,47,56-57,61H,4-6,9,12-15,18,21-24,28,30-34,36-37,39-43,45-46,48-55H2,1-3H3,(H,65,66)/b10-7-,11-8-,19-16-,20-17-,27-25-,29-26-,38-35-,47-44-. The number of phosphoric ester groups is 1. The Labute approximate surface area is 438 Å². The number of hydrogen-bond donors (Lipinski definition) is 2. The van der Waals surface area contributed by atoms with Gasteiger partial charge in [-0.3, -0.25) is 23.4 Å². The monoisotopic (exact) mass is 1030 g/mol. The summed E-state index contributed by atoms with van der Waals surface area (Å²) in [6.07, 6.45) is 62.5. The van der Waals surface area contributed by atoms with E-state index < -0.39 is 57.8 Å². The molecule has 0 fully saturated rings. The van der Waals surface area contributed by atoms with Crippen LogP contribution in [0.1, 0.15) is 226 Å². The van der Waals surface area contributed by atoms with E-state index in [-0.39, 0.29) is 25.9 Å². The lowest BCUT2D eigenvalue weighted by atomic mass is 10.0. The highest BCUT2D eigenvalue weighted by atomic mass is 31.2. The molecule has 2 N–H and O–H groups in total. The first-order valence-electron chi connectivity index (χ1n) is 28.1. The Bertz CT molecular complexity index is 1580. The Morgan fingerprint density at radius 2 is 0.778 bits per heavy atom. The predicted molar refractivity (Wildman–Crippen MR) is 297 cm³/mol. The third kappa shape index (κ3) is 51.3. The molecule has 0 aromatic carbocycles. The van der Waals surface area contributed by atoms with Crippen LogP contribution < -0.4 is 0 Å². The average Bonchev–Trinajstić information content (AvgIpc) is 3.37. The number of esters is 3. The molecule has 0 rings (SSSR count). The van der Waals surface area contributed by atoms with Gasteiger partial charge in [0.05, 0.1) is 26.2 Å². The zero-order chi connectivity index (χ0) is 52.7. The highest BCUT2D eigenvalue weighted by Crippen LogP contribution is 2.43. The van der Waals surface area contributed by atoms with Gasteiger partial charge in [0.1, 0.15) is 12.7 Å². The first-order chi connectivity index (χ1) is 35.2. The van der Waals surface area contributed by atoms with Crippen LogP contribution in [0.25, 0.3) is 0 Å². The van der Waals surface area contributed by atoms with Crippen molar-refractivity contribution in [3.63, 3.8) is 0 Å². The number of hydrogen-bond acceptors (Lipinski definition) is 10. The van der Waals surface area contributed by atoms with Crippen LogP contribution in [0.2, 0.25) is 0 Å². The van der Waals surface area contributed by atoms with Gasteiger partial charge in [0.25, 0.3) is 0 Å². The van der Waals surface area contributed by atoms with Crippen LogP contribution in [0.15, 0.2) is 97.2 Å². The molecule has 0 aliphatic carbocycles. The van der Waals surface area contributed by atoms with Crippen molar-refractivity contribution >= 4 is 25.7 Å². The second-order valence-corrected chi connectivity index (χ2v) is 19.8. The third-order valence-corrected chi connectivity index (χ3v) is 12.5. The highest BCUT2D eigenvalue weighted by Gasteiger charge is 2.28. The smallest absolute Gasteiger partial charge is 0.462 e. The lowest BCUT2D eigenvalue weighted by molar-refractivity contribution is -0.161. The van der Waals surface area contributed by atoms with Crippen molar-refractivity contribution in [2.45, 2.75) is 238 Å². The topological polar surface area (TPSA) is 155 Å². The quantitative estimate of drug-likeness (QED) is 0.0197. The summed E-state index contributed by atoms with van der Waals surface area (Å²) in [4.78, 5) is 48.4. The molecule has 0 amide bonds. The Morgan fingerprint density at radius 1 is 0.417 bits per heavy atom. The molecule has 3 unspecified atom stereocenters. The number of carbonyl (C=O) groups excluding carboxylic acids is 3. The SMILES string of the molecule is CC/C=C\C/C=C\C/C=C\C/C=C\C/C=C\CC(=O)OC(CO)COP(=O)(O)OCC(COC(=O)CCCCCCCCCCCCCCC)OC(=O)CCCCCCCCC/C=C\C/C=C\C/C=C\CC. The zero-order valence-corrected chi connectivity index (χ0v) is 46.3. The minimum Gasteiger partial charge on any atom is -0.462 e. The number of unbranched alkanes of at least 4 members (excludes halogenated alkanes) is 19. The van der Waals surface area contributed by atoms with Gasteiger partial charge in [0, 0.05) is 12.8 Å². The van der Waals surface area contributed by atoms with Gasteiger partial charge in [0.2, 0.25) is 0 Å². The fourth-order valence-corrected chi connectivity index (χ4v) is 8.11. The summed E-state index contributed by atoms with van der Waals surface area (Å²) in [6, 6.07) is 0. The maximum absolute atomic E-state index is 12.9. The molecule has 11 nitrogen and oxygen atoms in total. The fraction of sp³-hybridized carbons (Fsp3) is 0.683. The molecule has 0 aromatic heterocycles. The van der Waals surface area contributed by atoms with Crippen molar-refractivity contribution in [2.24, 2.45) is 0 Å². The van der Waals surface area contributed by atoms with E-state index in [2.05, 4.69) is 93.7 Å². The molecule has 0 bridgehead atoms. The molecule has 0 aromatic rings. The minimum atomic E-state index is -4.78. The molecule has 0 aliphatic heterocycles. The van der Waals surface area contributed by atoms with Crippen molar-refractivity contribution < 1.29 is 52.2 Å². The van der Waals surface area contributed by atoms with Crippen LogP contribution in [0, 0.1) is 0 Å². The largest absolute Gasteiger partial charge is 0.472 e. The Morgan fingerprint density at radius 3 is 1.22 bits per heavy atom. The summed E-state index contributed by atoms with van der Waals surface area (Å²) in [5.74, 6) is -1.61. The number of allylic oxidation sites excluding steroid dienone is 15. The predicted octanol–water partition coefficient (Wildman–Crippen LogP) is 16.5. The van der Waals surface area contributed by atoms with Gasteiger partial charge in [-0.05, 0) is 77.0 Å². The molecule has 0 saturated carbocycles. The van der Waals surface area contributed by atoms with E-state index in [1.165, 1.54) is 64.2 Å². The second kappa shape index (κ2) is 53.7. The van der Waals surface area contributed by atoms with E-state index >= 15 is 0 Å².